The predicted octanol–water partition coefficient (Wildman–Crippen LogP) is 0.720. The zero-order valence-corrected chi connectivity index (χ0v) is 13.7. The molecule has 2 aromatic rings. The third-order valence-corrected chi connectivity index (χ3v) is 5.41. The van der Waals surface area contributed by atoms with Crippen molar-refractivity contribution in [2.75, 3.05) is 20.6 Å². The van der Waals surface area contributed by atoms with Crippen molar-refractivity contribution >= 4 is 27.9 Å². The van der Waals surface area contributed by atoms with Crippen LogP contribution >= 0.6 is 0 Å². The summed E-state index contributed by atoms with van der Waals surface area (Å²) < 4.78 is 19.9. The molecule has 1 saturated heterocycles. The number of furan rings is 1. The molecule has 0 aliphatic carbocycles. The van der Waals surface area contributed by atoms with Gasteiger partial charge in [0.25, 0.3) is 0 Å². The Kier molecular flexibility index (Phi) is 5.20. The van der Waals surface area contributed by atoms with Gasteiger partial charge in [0, 0.05) is 24.0 Å². The minimum Gasteiger partial charge on any atom is -0.480 e. The van der Waals surface area contributed by atoms with Crippen LogP contribution in [-0.4, -0.2) is 62.7 Å². The quantitative estimate of drug-likeness (QED) is 0.883. The predicted molar refractivity (Wildman–Crippen MR) is 86.5 cm³/mol. The number of benzene rings is 1. The average molecular weight is 340 g/mol. The lowest BCUT2D eigenvalue weighted by atomic mass is 10.1. The first-order valence-corrected chi connectivity index (χ1v) is 8.14. The summed E-state index contributed by atoms with van der Waals surface area (Å²) in [5.41, 5.74) is 0.654. The van der Waals surface area contributed by atoms with E-state index in [2.05, 4.69) is 0 Å². The molecule has 126 valence electrons. The lowest BCUT2D eigenvalue weighted by molar-refractivity contribution is -0.140. The van der Waals surface area contributed by atoms with Crippen molar-refractivity contribution in [3.63, 3.8) is 0 Å². The van der Waals surface area contributed by atoms with Gasteiger partial charge in [0.05, 0.1) is 0 Å². The van der Waals surface area contributed by atoms with Crippen molar-refractivity contribution < 1.29 is 24.0 Å². The molecule has 1 aromatic carbocycles. The van der Waals surface area contributed by atoms with Gasteiger partial charge in [0.1, 0.15) is 11.6 Å². The number of fused-ring (bicyclic) bond motifs is 1. The van der Waals surface area contributed by atoms with E-state index in [9.17, 15) is 14.1 Å². The number of rotatable bonds is 4. The molecule has 0 amide bonds. The minimum absolute atomic E-state index is 0. The van der Waals surface area contributed by atoms with E-state index in [1.807, 2.05) is 37.2 Å². The number of carboxylic acid groups (broad SMARTS) is 1. The molecule has 1 aromatic heterocycles. The van der Waals surface area contributed by atoms with Crippen LogP contribution in [0.15, 0.2) is 39.8 Å². The van der Waals surface area contributed by atoms with Gasteiger partial charge in [-0.25, -0.2) is 8.51 Å². The van der Waals surface area contributed by atoms with Crippen LogP contribution in [0.1, 0.15) is 6.42 Å². The summed E-state index contributed by atoms with van der Waals surface area (Å²) in [5, 5.41) is 10.6. The second-order valence-electron chi connectivity index (χ2n) is 5.66. The van der Waals surface area contributed by atoms with Gasteiger partial charge in [-0.05, 0) is 26.6 Å². The maximum Gasteiger partial charge on any atom is 0.321 e. The van der Waals surface area contributed by atoms with Crippen LogP contribution in [0.5, 0.6) is 0 Å². The lowest BCUT2D eigenvalue weighted by Crippen LogP contribution is -2.37. The molecule has 3 rings (SSSR count). The fourth-order valence-corrected chi connectivity index (χ4v) is 4.06. The molecule has 2 heterocycles. The molecule has 0 bridgehead atoms. The van der Waals surface area contributed by atoms with E-state index in [0.29, 0.717) is 23.6 Å². The summed E-state index contributed by atoms with van der Waals surface area (Å²) in [4.78, 5) is 13.4. The number of para-hydroxylation sites is 1. The van der Waals surface area contributed by atoms with Crippen molar-refractivity contribution in [3.05, 3.63) is 30.3 Å². The van der Waals surface area contributed by atoms with Crippen LogP contribution in [0, 0.1) is 0 Å². The summed E-state index contributed by atoms with van der Waals surface area (Å²) >= 11 is 0. The summed E-state index contributed by atoms with van der Waals surface area (Å²) in [6.45, 7) is 0.438. The Hall–Kier alpha value is -1.74. The number of aliphatic carboxylic acids is 1. The van der Waals surface area contributed by atoms with Crippen LogP contribution in [0.3, 0.4) is 0 Å². The van der Waals surface area contributed by atoms with Crippen LogP contribution < -0.4 is 0 Å². The number of likely N-dealkylation sites (N-methyl/N-ethyl adjacent to an activating group) is 1. The molecular formula is C15H20N2O5S. The third-order valence-electron chi connectivity index (χ3n) is 4.04. The molecule has 7 nitrogen and oxygen atoms in total. The maximum absolute atomic E-state index is 12.8. The normalized spacial score (nSPS) is 23.1. The molecule has 0 radical (unpaired) electrons. The van der Waals surface area contributed by atoms with E-state index in [1.165, 1.54) is 4.31 Å². The van der Waals surface area contributed by atoms with E-state index in [4.69, 9.17) is 4.42 Å². The second-order valence-corrected chi connectivity index (χ2v) is 7.03. The standard InChI is InChI=1S/C15H18N2O4S.H2O/c1-16(2)11-8-12(15(18)19)17(9-11)22(20)14-7-10-5-3-4-6-13(10)21-14;/h3-7,11-12H,8-9H2,1-2H3,(H,18,19);1H2/t11-,12+,22?;/m1./s1. The highest BCUT2D eigenvalue weighted by molar-refractivity contribution is 7.82. The molecule has 1 unspecified atom stereocenters. The van der Waals surface area contributed by atoms with Gasteiger partial charge in [-0.2, -0.15) is 0 Å². The number of carbonyl (C=O) groups is 1. The second kappa shape index (κ2) is 6.79. The molecule has 8 heteroatoms. The Morgan fingerprint density at radius 3 is 2.70 bits per heavy atom. The van der Waals surface area contributed by atoms with E-state index < -0.39 is 23.0 Å². The van der Waals surface area contributed by atoms with Crippen LogP contribution in [0.2, 0.25) is 0 Å². The average Bonchev–Trinajstić information content (AvgIpc) is 3.10. The Bertz CT molecular complexity index is 696. The molecular weight excluding hydrogens is 320 g/mol. The Morgan fingerprint density at radius 2 is 2.09 bits per heavy atom. The minimum atomic E-state index is -1.62. The molecule has 1 aliphatic heterocycles. The zero-order chi connectivity index (χ0) is 15.9. The molecule has 0 saturated carbocycles. The maximum atomic E-state index is 12.8. The summed E-state index contributed by atoms with van der Waals surface area (Å²) in [7, 11) is 2.18. The highest BCUT2D eigenvalue weighted by atomic mass is 32.2. The SMILES string of the molecule is CN(C)[C@@H]1C[C@@H](C(=O)O)N(S(=O)c2cc3ccccc3o2)C1.O. The van der Waals surface area contributed by atoms with Crippen molar-refractivity contribution in [2.24, 2.45) is 0 Å². The van der Waals surface area contributed by atoms with Crippen molar-refractivity contribution in [1.82, 2.24) is 9.21 Å². The first-order chi connectivity index (χ1) is 10.5. The molecule has 3 N–H and O–H groups in total. The molecule has 1 aliphatic rings. The molecule has 3 atom stereocenters. The van der Waals surface area contributed by atoms with E-state index >= 15 is 0 Å². The fourth-order valence-electron chi connectivity index (χ4n) is 2.73. The number of nitrogens with zero attached hydrogens (tertiary/aromatic N) is 2. The highest BCUT2D eigenvalue weighted by Gasteiger charge is 2.41. The Labute approximate surface area is 136 Å². The van der Waals surface area contributed by atoms with E-state index in [1.54, 1.807) is 12.1 Å². The molecule has 0 spiro atoms. The van der Waals surface area contributed by atoms with Gasteiger partial charge >= 0.3 is 5.97 Å². The van der Waals surface area contributed by atoms with Gasteiger partial charge in [0.2, 0.25) is 5.09 Å². The van der Waals surface area contributed by atoms with Gasteiger partial charge in [-0.15, -0.1) is 0 Å². The summed E-state index contributed by atoms with van der Waals surface area (Å²) in [5.74, 6) is -0.950. The topological polar surface area (TPSA) is 105 Å². The van der Waals surface area contributed by atoms with Crippen molar-refractivity contribution in [2.45, 2.75) is 23.6 Å². The van der Waals surface area contributed by atoms with Crippen LogP contribution in [0.4, 0.5) is 0 Å². The van der Waals surface area contributed by atoms with Crippen molar-refractivity contribution in [3.8, 4) is 0 Å². The molecule has 1 fully saturated rings. The number of hydrogen-bond acceptors (Lipinski definition) is 4. The van der Waals surface area contributed by atoms with Gasteiger partial charge in [-0.1, -0.05) is 18.2 Å². The fraction of sp³-hybridized carbons (Fsp3) is 0.400. The summed E-state index contributed by atoms with van der Waals surface area (Å²) in [6, 6.07) is 8.42. The largest absolute Gasteiger partial charge is 0.480 e. The number of carboxylic acids is 1. The van der Waals surface area contributed by atoms with E-state index in [-0.39, 0.29) is 11.5 Å². The van der Waals surface area contributed by atoms with Gasteiger partial charge in [0.15, 0.2) is 11.0 Å². The zero-order valence-electron chi connectivity index (χ0n) is 12.9. The smallest absolute Gasteiger partial charge is 0.321 e. The molecule has 23 heavy (non-hydrogen) atoms. The van der Waals surface area contributed by atoms with Crippen molar-refractivity contribution in [1.29, 1.82) is 0 Å². The van der Waals surface area contributed by atoms with Crippen LogP contribution in [0.25, 0.3) is 11.0 Å². The Balaban J connectivity index is 0.00000192. The first-order valence-electron chi connectivity index (χ1n) is 7.03. The van der Waals surface area contributed by atoms with Gasteiger partial charge in [-0.3, -0.25) is 4.79 Å². The third kappa shape index (κ3) is 3.30. The lowest BCUT2D eigenvalue weighted by Gasteiger charge is -2.19. The highest BCUT2D eigenvalue weighted by Crippen LogP contribution is 2.28. The monoisotopic (exact) mass is 340 g/mol. The number of hydrogen-bond donors (Lipinski definition) is 1. The summed E-state index contributed by atoms with van der Waals surface area (Å²) in [6.07, 6.45) is 0.453. The Morgan fingerprint density at radius 1 is 1.39 bits per heavy atom. The van der Waals surface area contributed by atoms with E-state index in [0.717, 1.165) is 5.39 Å². The van der Waals surface area contributed by atoms with Gasteiger partial charge < -0.3 is 19.9 Å². The van der Waals surface area contributed by atoms with Crippen LogP contribution in [-0.2, 0) is 15.8 Å². The first kappa shape index (κ1) is 17.6.